The number of hydrogen-bond donors (Lipinski definition) is 1. The van der Waals surface area contributed by atoms with Gasteiger partial charge in [0.05, 0.1) is 46.6 Å². The van der Waals surface area contributed by atoms with Crippen LogP contribution in [-0.2, 0) is 30.0 Å². The molecule has 1 aliphatic heterocycles. The molecule has 11 nitrogen and oxygen atoms in total. The summed E-state index contributed by atoms with van der Waals surface area (Å²) in [5, 5.41) is 3.52. The number of aromatic nitrogens is 4. The lowest BCUT2D eigenvalue weighted by molar-refractivity contribution is -0.145. The van der Waals surface area contributed by atoms with Crippen molar-refractivity contribution in [2.24, 2.45) is 31.8 Å². The number of fused-ring (bicyclic) bond motifs is 3. The minimum atomic E-state index is -2.97. The highest BCUT2D eigenvalue weighted by Crippen LogP contribution is 2.56. The Balaban J connectivity index is 0.00000237. The van der Waals surface area contributed by atoms with E-state index in [-0.39, 0.29) is 45.4 Å². The van der Waals surface area contributed by atoms with Crippen LogP contribution in [-0.4, -0.2) is 56.8 Å². The van der Waals surface area contributed by atoms with E-state index in [9.17, 15) is 23.2 Å². The summed E-state index contributed by atoms with van der Waals surface area (Å²) in [6.07, 6.45) is -1.22. The van der Waals surface area contributed by atoms with Crippen LogP contribution in [0.4, 0.5) is 20.3 Å². The first-order valence-electron chi connectivity index (χ1n) is 18.7. The van der Waals surface area contributed by atoms with Crippen LogP contribution in [0.3, 0.4) is 0 Å². The van der Waals surface area contributed by atoms with Crippen LogP contribution in [0.25, 0.3) is 33.3 Å². The van der Waals surface area contributed by atoms with Gasteiger partial charge in [-0.25, -0.2) is 23.5 Å². The van der Waals surface area contributed by atoms with Gasteiger partial charge in [-0.05, 0) is 55.4 Å². The van der Waals surface area contributed by atoms with Crippen molar-refractivity contribution in [3.8, 4) is 28.3 Å². The van der Waals surface area contributed by atoms with E-state index in [0.717, 1.165) is 52.3 Å². The molecule has 3 aromatic heterocycles. The van der Waals surface area contributed by atoms with E-state index in [1.165, 1.54) is 14.1 Å². The number of nitrogens with one attached hydrogen (secondary N) is 1. The summed E-state index contributed by atoms with van der Waals surface area (Å²) in [5.74, 6) is 0.937. The number of ether oxygens (including phenoxy) is 2. The molecule has 56 heavy (non-hydrogen) atoms. The maximum atomic E-state index is 14.0. The molecule has 8 rings (SSSR count). The number of halogens is 4. The van der Waals surface area contributed by atoms with Crippen LogP contribution in [0.2, 0.25) is 10.0 Å². The molecule has 2 fully saturated rings. The summed E-state index contributed by atoms with van der Waals surface area (Å²) in [6.45, 7) is 7.91. The van der Waals surface area contributed by atoms with E-state index in [0.29, 0.717) is 51.7 Å². The second-order valence-electron chi connectivity index (χ2n) is 14.0. The molecule has 15 heteroatoms. The van der Waals surface area contributed by atoms with Crippen LogP contribution in [0, 0.1) is 17.8 Å². The molecule has 0 amide bonds. The number of aryl methyl sites for hydroxylation is 2. The van der Waals surface area contributed by atoms with E-state index in [1.54, 1.807) is 25.3 Å². The zero-order chi connectivity index (χ0) is 40.2. The van der Waals surface area contributed by atoms with Gasteiger partial charge in [-0.3, -0.25) is 23.6 Å². The fraction of sp³-hybridized carbons (Fsp3) is 0.390. The maximum Gasteiger partial charge on any atom is 0.330 e. The van der Waals surface area contributed by atoms with E-state index in [2.05, 4.69) is 21.3 Å². The minimum absolute atomic E-state index is 0.00203. The third-order valence-corrected chi connectivity index (χ3v) is 11.9. The van der Waals surface area contributed by atoms with Gasteiger partial charge in [0, 0.05) is 55.5 Å². The van der Waals surface area contributed by atoms with Crippen molar-refractivity contribution in [1.82, 2.24) is 24.0 Å². The lowest BCUT2D eigenvalue weighted by atomic mass is 9.99. The average molecular weight is 808 g/mol. The lowest BCUT2D eigenvalue weighted by Crippen LogP contribution is -2.37. The summed E-state index contributed by atoms with van der Waals surface area (Å²) in [6, 6.07) is 13.9. The number of benzene rings is 2. The number of carbonyl (C=O) groups is 1. The number of rotatable bonds is 9. The minimum Gasteiger partial charge on any atom is -0.481 e. The number of methoxy groups -OCH3 is 1. The van der Waals surface area contributed by atoms with E-state index in [1.807, 2.05) is 39.0 Å². The second kappa shape index (κ2) is 15.6. The van der Waals surface area contributed by atoms with Crippen molar-refractivity contribution >= 4 is 51.6 Å². The largest absolute Gasteiger partial charge is 0.481 e. The zero-order valence-electron chi connectivity index (χ0n) is 31.8. The van der Waals surface area contributed by atoms with Crippen LogP contribution in [0.5, 0.6) is 5.88 Å². The van der Waals surface area contributed by atoms with Gasteiger partial charge in [0.2, 0.25) is 5.88 Å². The standard InChI is InChI=1S/C39H36Cl2F2N6O5.C2H6/c1-5-54-38(51)30-22-16-49(17-23(22)30)27-13-12-18-14-25(46-36(53-4)29(18)27)21-10-6-8-19(32(21)40)20-9-7-11-24(33(20)41)44-35-31-28(15-26(45-35)34(42)43)47(2)39(52)48(3)37(31)50;1-2/h6-11,14-15,22-23,27,30,34H,5,12-13,16-17H2,1-4H3,(H,44,45);1-2H3. The number of anilines is 2. The number of alkyl halides is 2. The third kappa shape index (κ3) is 6.62. The molecule has 2 aromatic carbocycles. The Morgan fingerprint density at radius 3 is 2.29 bits per heavy atom. The fourth-order valence-electron chi connectivity index (χ4n) is 8.36. The van der Waals surface area contributed by atoms with Gasteiger partial charge < -0.3 is 14.8 Å². The highest BCUT2D eigenvalue weighted by Gasteiger charge is 2.61. The Hall–Kier alpha value is -4.85. The molecular formula is C41H42Cl2F2N6O5. The SMILES string of the molecule is CC.CCOC(=O)C1C2CN(C3CCc4cc(-c5cccc(-c6cccc(Nc7nc(C(F)F)cc8c7c(=O)n(C)c(=O)n8C)c6Cl)c5Cl)nc(OC)c43)CC21. The summed E-state index contributed by atoms with van der Waals surface area (Å²) in [4.78, 5) is 49.7. The van der Waals surface area contributed by atoms with Crippen molar-refractivity contribution in [2.45, 2.75) is 46.1 Å². The molecule has 1 N–H and O–H groups in total. The van der Waals surface area contributed by atoms with Gasteiger partial charge in [0.25, 0.3) is 12.0 Å². The van der Waals surface area contributed by atoms with E-state index < -0.39 is 23.4 Å². The predicted molar refractivity (Wildman–Crippen MR) is 213 cm³/mol. The molecule has 0 spiro atoms. The van der Waals surface area contributed by atoms with Crippen LogP contribution in [0.15, 0.2) is 58.1 Å². The van der Waals surface area contributed by atoms with Gasteiger partial charge >= 0.3 is 11.7 Å². The zero-order valence-corrected chi connectivity index (χ0v) is 33.3. The van der Waals surface area contributed by atoms with Crippen molar-refractivity contribution < 1.29 is 23.0 Å². The van der Waals surface area contributed by atoms with E-state index in [4.69, 9.17) is 37.7 Å². The van der Waals surface area contributed by atoms with Gasteiger partial charge in [-0.15, -0.1) is 0 Å². The molecule has 4 heterocycles. The third-order valence-electron chi connectivity index (χ3n) is 11.1. The van der Waals surface area contributed by atoms with Crippen molar-refractivity contribution in [3.63, 3.8) is 0 Å². The number of piperidine rings is 1. The Morgan fingerprint density at radius 2 is 1.62 bits per heavy atom. The van der Waals surface area contributed by atoms with Crippen molar-refractivity contribution in [2.75, 3.05) is 32.1 Å². The smallest absolute Gasteiger partial charge is 0.330 e. The summed E-state index contributed by atoms with van der Waals surface area (Å²) < 4.78 is 41.1. The first-order chi connectivity index (χ1) is 26.9. The highest BCUT2D eigenvalue weighted by atomic mass is 35.5. The summed E-state index contributed by atoms with van der Waals surface area (Å²) >= 11 is 14.2. The molecule has 5 aromatic rings. The molecule has 3 aliphatic rings. The Bertz CT molecular complexity index is 2480. The fourth-order valence-corrected chi connectivity index (χ4v) is 8.95. The van der Waals surface area contributed by atoms with E-state index >= 15 is 0 Å². The molecule has 3 atom stereocenters. The molecule has 2 aliphatic carbocycles. The van der Waals surface area contributed by atoms with Crippen LogP contribution >= 0.6 is 23.2 Å². The molecule has 0 radical (unpaired) electrons. The molecule has 1 saturated heterocycles. The van der Waals surface area contributed by atoms with Gasteiger partial charge in [-0.1, -0.05) is 67.4 Å². The maximum absolute atomic E-state index is 14.0. The number of esters is 1. The van der Waals surface area contributed by atoms with Crippen LogP contribution < -0.4 is 21.3 Å². The Morgan fingerprint density at radius 1 is 0.964 bits per heavy atom. The number of carbonyl (C=O) groups excluding carboxylic acids is 1. The second-order valence-corrected chi connectivity index (χ2v) is 14.7. The molecular weight excluding hydrogens is 765 g/mol. The lowest BCUT2D eigenvalue weighted by Gasteiger charge is -2.28. The predicted octanol–water partition coefficient (Wildman–Crippen LogP) is 8.11. The average Bonchev–Trinajstić information content (AvgIpc) is 3.47. The molecule has 294 valence electrons. The van der Waals surface area contributed by atoms with Gasteiger partial charge in [0.15, 0.2) is 0 Å². The Labute approximate surface area is 332 Å². The summed E-state index contributed by atoms with van der Waals surface area (Å²) in [5.41, 5.74) is 2.92. The quantitative estimate of drug-likeness (QED) is 0.147. The number of pyridine rings is 2. The van der Waals surface area contributed by atoms with Crippen LogP contribution in [0.1, 0.15) is 56.5 Å². The number of likely N-dealkylation sites (tertiary alicyclic amines) is 1. The molecule has 1 saturated carbocycles. The first kappa shape index (κ1) is 39.4. The van der Waals surface area contributed by atoms with Crippen molar-refractivity contribution in [1.29, 1.82) is 0 Å². The monoisotopic (exact) mass is 806 g/mol. The van der Waals surface area contributed by atoms with Gasteiger partial charge in [0.1, 0.15) is 16.9 Å². The first-order valence-corrected chi connectivity index (χ1v) is 19.4. The number of nitrogens with zero attached hydrogens (tertiary/aromatic N) is 5. The number of hydrogen-bond acceptors (Lipinski definition) is 9. The van der Waals surface area contributed by atoms with Crippen molar-refractivity contribution in [3.05, 3.63) is 96.2 Å². The van der Waals surface area contributed by atoms with Gasteiger partial charge in [-0.2, -0.15) is 0 Å². The molecule has 3 unspecified atom stereocenters. The topological polar surface area (TPSA) is 121 Å². The Kier molecular flexibility index (Phi) is 11.0. The highest BCUT2D eigenvalue weighted by molar-refractivity contribution is 6.39. The summed E-state index contributed by atoms with van der Waals surface area (Å²) in [7, 11) is 4.32. The molecule has 0 bridgehead atoms. The normalized spacial score (nSPS) is 19.7.